The molecule has 0 aromatic rings. The highest BCUT2D eigenvalue weighted by molar-refractivity contribution is 5.82. The van der Waals surface area contributed by atoms with Gasteiger partial charge in [0.1, 0.15) is 0 Å². The van der Waals surface area contributed by atoms with Crippen molar-refractivity contribution in [3.63, 3.8) is 0 Å². The van der Waals surface area contributed by atoms with Gasteiger partial charge in [-0.15, -0.1) is 0 Å². The van der Waals surface area contributed by atoms with Crippen LogP contribution in [0.3, 0.4) is 0 Å². The number of carbonyl (C=O) groups excluding carboxylic acids is 2. The first kappa shape index (κ1) is 16.0. The Morgan fingerprint density at radius 3 is 1.74 bits per heavy atom. The summed E-state index contributed by atoms with van der Waals surface area (Å²) < 4.78 is 0. The molecule has 0 bridgehead atoms. The van der Waals surface area contributed by atoms with E-state index in [4.69, 9.17) is 5.73 Å². The van der Waals surface area contributed by atoms with Gasteiger partial charge in [-0.2, -0.15) is 0 Å². The maximum atomic E-state index is 12.1. The molecule has 2 N–H and O–H groups in total. The van der Waals surface area contributed by atoms with Gasteiger partial charge in [0, 0.05) is 32.1 Å². The molecule has 0 spiro atoms. The van der Waals surface area contributed by atoms with Gasteiger partial charge >= 0.3 is 0 Å². The fourth-order valence-corrected chi connectivity index (χ4v) is 2.36. The molecule has 0 aliphatic carbocycles. The van der Waals surface area contributed by atoms with Crippen LogP contribution in [0.1, 0.15) is 34.1 Å². The molecule has 1 saturated heterocycles. The van der Waals surface area contributed by atoms with Crippen molar-refractivity contribution in [2.24, 2.45) is 17.6 Å². The van der Waals surface area contributed by atoms with Crippen LogP contribution < -0.4 is 5.73 Å². The van der Waals surface area contributed by atoms with Crippen molar-refractivity contribution in [2.75, 3.05) is 26.2 Å². The molecule has 0 saturated carbocycles. The first-order valence-electron chi connectivity index (χ1n) is 7.16. The van der Waals surface area contributed by atoms with Crippen LogP contribution in [0.25, 0.3) is 0 Å². The van der Waals surface area contributed by atoms with E-state index in [0.29, 0.717) is 38.5 Å². The number of nitrogens with zero attached hydrogens (tertiary/aromatic N) is 2. The summed E-state index contributed by atoms with van der Waals surface area (Å²) in [5, 5.41) is 0. The third kappa shape index (κ3) is 4.49. The Labute approximate surface area is 116 Å². The van der Waals surface area contributed by atoms with Gasteiger partial charge in [0.2, 0.25) is 11.8 Å². The van der Waals surface area contributed by atoms with E-state index in [1.165, 1.54) is 0 Å². The third-order valence-electron chi connectivity index (χ3n) is 3.44. The lowest BCUT2D eigenvalue weighted by molar-refractivity contribution is -0.142. The summed E-state index contributed by atoms with van der Waals surface area (Å²) in [6.07, 6.45) is 0.712. The SMILES string of the molecule is CC(C)C[C@H](N)C(=O)N1CCN(C(=O)C(C)C)CC1. The number of hydrogen-bond donors (Lipinski definition) is 1. The molecular weight excluding hydrogens is 242 g/mol. The number of hydrogen-bond acceptors (Lipinski definition) is 3. The van der Waals surface area contributed by atoms with Crippen LogP contribution in [0.5, 0.6) is 0 Å². The zero-order valence-electron chi connectivity index (χ0n) is 12.6. The van der Waals surface area contributed by atoms with Crippen LogP contribution in [0.15, 0.2) is 0 Å². The molecule has 5 nitrogen and oxygen atoms in total. The number of piperazine rings is 1. The monoisotopic (exact) mass is 269 g/mol. The van der Waals surface area contributed by atoms with E-state index < -0.39 is 6.04 Å². The first-order valence-corrected chi connectivity index (χ1v) is 7.16. The van der Waals surface area contributed by atoms with E-state index >= 15 is 0 Å². The maximum absolute atomic E-state index is 12.1. The van der Waals surface area contributed by atoms with Crippen LogP contribution in [-0.4, -0.2) is 53.8 Å². The highest BCUT2D eigenvalue weighted by Crippen LogP contribution is 2.10. The Bertz CT molecular complexity index is 321. The molecule has 0 radical (unpaired) electrons. The molecule has 1 atom stereocenters. The molecule has 1 aliphatic rings. The molecule has 19 heavy (non-hydrogen) atoms. The summed E-state index contributed by atoms with van der Waals surface area (Å²) in [6, 6.07) is -0.410. The van der Waals surface area contributed by atoms with Crippen molar-refractivity contribution >= 4 is 11.8 Å². The maximum Gasteiger partial charge on any atom is 0.239 e. The van der Waals surface area contributed by atoms with Crippen LogP contribution in [-0.2, 0) is 9.59 Å². The van der Waals surface area contributed by atoms with E-state index in [2.05, 4.69) is 13.8 Å². The van der Waals surface area contributed by atoms with E-state index in [9.17, 15) is 9.59 Å². The lowest BCUT2D eigenvalue weighted by Crippen LogP contribution is -2.55. The fourth-order valence-electron chi connectivity index (χ4n) is 2.36. The molecule has 110 valence electrons. The van der Waals surface area contributed by atoms with Gasteiger partial charge < -0.3 is 15.5 Å². The average molecular weight is 269 g/mol. The zero-order valence-corrected chi connectivity index (χ0v) is 12.6. The Morgan fingerprint density at radius 1 is 0.947 bits per heavy atom. The standard InChI is InChI=1S/C14H27N3O2/c1-10(2)9-12(15)14(19)17-7-5-16(6-8-17)13(18)11(3)4/h10-12H,5-9,15H2,1-4H3/t12-/m0/s1. The summed E-state index contributed by atoms with van der Waals surface area (Å²) in [5.74, 6) is 0.622. The van der Waals surface area contributed by atoms with Gasteiger partial charge in [-0.3, -0.25) is 9.59 Å². The van der Waals surface area contributed by atoms with Crippen molar-refractivity contribution < 1.29 is 9.59 Å². The molecule has 0 aromatic carbocycles. The first-order chi connectivity index (χ1) is 8.82. The van der Waals surface area contributed by atoms with Gasteiger partial charge in [0.05, 0.1) is 6.04 Å². The quantitative estimate of drug-likeness (QED) is 0.816. The largest absolute Gasteiger partial charge is 0.339 e. The average Bonchev–Trinajstić information content (AvgIpc) is 2.36. The lowest BCUT2D eigenvalue weighted by atomic mass is 10.0. The normalized spacial score (nSPS) is 18.1. The molecule has 0 unspecified atom stereocenters. The highest BCUT2D eigenvalue weighted by Gasteiger charge is 2.28. The molecule has 1 aliphatic heterocycles. The second-order valence-electron chi connectivity index (χ2n) is 6.04. The summed E-state index contributed by atoms with van der Waals surface area (Å²) in [4.78, 5) is 27.6. The molecular formula is C14H27N3O2. The van der Waals surface area contributed by atoms with Gasteiger partial charge in [-0.1, -0.05) is 27.7 Å². The molecule has 2 amide bonds. The molecule has 0 aromatic heterocycles. The number of amides is 2. The Morgan fingerprint density at radius 2 is 1.37 bits per heavy atom. The predicted molar refractivity (Wildman–Crippen MR) is 75.4 cm³/mol. The molecule has 1 rings (SSSR count). The van der Waals surface area contributed by atoms with E-state index in [1.807, 2.05) is 18.7 Å². The third-order valence-corrected chi connectivity index (χ3v) is 3.44. The van der Waals surface area contributed by atoms with Crippen LogP contribution in [0, 0.1) is 11.8 Å². The molecule has 1 fully saturated rings. The van der Waals surface area contributed by atoms with E-state index in [1.54, 1.807) is 4.90 Å². The number of carbonyl (C=O) groups is 2. The van der Waals surface area contributed by atoms with Gasteiger partial charge in [-0.25, -0.2) is 0 Å². The minimum atomic E-state index is -0.410. The predicted octanol–water partition coefficient (Wildman–Crippen LogP) is 0.687. The summed E-state index contributed by atoms with van der Waals surface area (Å²) in [5.41, 5.74) is 5.92. The summed E-state index contributed by atoms with van der Waals surface area (Å²) in [7, 11) is 0. The highest BCUT2D eigenvalue weighted by atomic mass is 16.2. The topological polar surface area (TPSA) is 66.6 Å². The summed E-state index contributed by atoms with van der Waals surface area (Å²) >= 11 is 0. The molecule has 1 heterocycles. The minimum Gasteiger partial charge on any atom is -0.339 e. The van der Waals surface area contributed by atoms with E-state index in [0.717, 1.165) is 0 Å². The Kier molecular flexibility index (Phi) is 5.79. The lowest BCUT2D eigenvalue weighted by Gasteiger charge is -2.36. The van der Waals surface area contributed by atoms with Crippen molar-refractivity contribution in [1.82, 2.24) is 9.80 Å². The Balaban J connectivity index is 2.45. The van der Waals surface area contributed by atoms with E-state index in [-0.39, 0.29) is 17.7 Å². The van der Waals surface area contributed by atoms with Crippen molar-refractivity contribution in [2.45, 2.75) is 40.2 Å². The summed E-state index contributed by atoms with van der Waals surface area (Å²) in [6.45, 7) is 10.4. The smallest absolute Gasteiger partial charge is 0.239 e. The van der Waals surface area contributed by atoms with Gasteiger partial charge in [0.25, 0.3) is 0 Å². The molecule has 5 heteroatoms. The van der Waals surface area contributed by atoms with Crippen molar-refractivity contribution in [3.8, 4) is 0 Å². The Hall–Kier alpha value is -1.10. The minimum absolute atomic E-state index is 0.0188. The van der Waals surface area contributed by atoms with Crippen LogP contribution >= 0.6 is 0 Å². The number of rotatable bonds is 4. The van der Waals surface area contributed by atoms with Gasteiger partial charge in [0.15, 0.2) is 0 Å². The zero-order chi connectivity index (χ0) is 14.6. The second kappa shape index (κ2) is 6.89. The van der Waals surface area contributed by atoms with Crippen LogP contribution in [0.4, 0.5) is 0 Å². The van der Waals surface area contributed by atoms with Crippen molar-refractivity contribution in [1.29, 1.82) is 0 Å². The fraction of sp³-hybridized carbons (Fsp3) is 0.857. The van der Waals surface area contributed by atoms with Gasteiger partial charge in [-0.05, 0) is 12.3 Å². The van der Waals surface area contributed by atoms with Crippen LogP contribution in [0.2, 0.25) is 0 Å². The second-order valence-corrected chi connectivity index (χ2v) is 6.04. The van der Waals surface area contributed by atoms with Crippen molar-refractivity contribution in [3.05, 3.63) is 0 Å². The number of nitrogens with two attached hydrogens (primary N) is 1.